The fourth-order valence-electron chi connectivity index (χ4n) is 5.28. The second kappa shape index (κ2) is 10.6. The molecule has 2 aliphatic heterocycles. The van der Waals surface area contributed by atoms with Crippen molar-refractivity contribution in [2.75, 3.05) is 52.9 Å². The van der Waals surface area contributed by atoms with Gasteiger partial charge in [-0.3, -0.25) is 9.80 Å². The van der Waals surface area contributed by atoms with Gasteiger partial charge < -0.3 is 9.64 Å². The van der Waals surface area contributed by atoms with Crippen molar-refractivity contribution in [2.45, 2.75) is 44.7 Å². The molecule has 0 spiro atoms. The minimum Gasteiger partial charge on any atom is -0.494 e. The molecule has 2 saturated heterocycles. The molecule has 4 heteroatoms. The van der Waals surface area contributed by atoms with Crippen LogP contribution in [0.5, 0.6) is 5.75 Å². The number of hydrogen-bond donors (Lipinski definition) is 0. The molecule has 0 amide bonds. The monoisotopic (exact) mass is 421 g/mol. The third-order valence-electron chi connectivity index (χ3n) is 7.32. The van der Waals surface area contributed by atoms with Crippen LogP contribution in [0, 0.1) is 0 Å². The van der Waals surface area contributed by atoms with Crippen LogP contribution in [0.25, 0.3) is 0 Å². The average molecular weight is 422 g/mol. The Morgan fingerprint density at radius 1 is 0.806 bits per heavy atom. The zero-order valence-corrected chi connectivity index (χ0v) is 19.4. The molecule has 2 aliphatic rings. The third kappa shape index (κ3) is 5.88. The smallest absolute Gasteiger partial charge is 0.119 e. The van der Waals surface area contributed by atoms with E-state index >= 15 is 0 Å². The van der Waals surface area contributed by atoms with Gasteiger partial charge in [0.1, 0.15) is 5.75 Å². The van der Waals surface area contributed by atoms with Gasteiger partial charge in [0.2, 0.25) is 0 Å². The van der Waals surface area contributed by atoms with E-state index in [4.69, 9.17) is 4.74 Å². The standard InChI is InChI=1S/C27H39N3O/c1-3-31-26-11-9-24(10-12-26)13-14-27(15-17-28(2)18-16-27)30-21-19-29(20-22-30)23-25-7-5-4-6-8-25/h4-12H,3,13-23H2,1-2H3. The molecule has 0 unspecified atom stereocenters. The Hall–Kier alpha value is -1.88. The molecular formula is C27H39N3O. The van der Waals surface area contributed by atoms with Gasteiger partial charge in [0.25, 0.3) is 0 Å². The van der Waals surface area contributed by atoms with E-state index in [9.17, 15) is 0 Å². The van der Waals surface area contributed by atoms with Crippen LogP contribution in [0.2, 0.25) is 0 Å². The van der Waals surface area contributed by atoms with Gasteiger partial charge in [-0.1, -0.05) is 42.5 Å². The summed E-state index contributed by atoms with van der Waals surface area (Å²) in [7, 11) is 2.27. The predicted octanol–water partition coefficient (Wildman–Crippen LogP) is 4.30. The van der Waals surface area contributed by atoms with Crippen LogP contribution in [-0.4, -0.2) is 73.2 Å². The van der Waals surface area contributed by atoms with Crippen LogP contribution in [0.1, 0.15) is 37.3 Å². The van der Waals surface area contributed by atoms with Crippen LogP contribution in [0.15, 0.2) is 54.6 Å². The number of rotatable bonds is 8. The molecule has 0 atom stereocenters. The maximum absolute atomic E-state index is 5.62. The fourth-order valence-corrected chi connectivity index (χ4v) is 5.28. The van der Waals surface area contributed by atoms with E-state index < -0.39 is 0 Å². The average Bonchev–Trinajstić information content (AvgIpc) is 2.81. The molecular weight excluding hydrogens is 382 g/mol. The Balaban J connectivity index is 1.37. The summed E-state index contributed by atoms with van der Waals surface area (Å²) in [5.41, 5.74) is 3.22. The van der Waals surface area contributed by atoms with Crippen molar-refractivity contribution in [1.82, 2.24) is 14.7 Å². The zero-order chi connectivity index (χ0) is 21.5. The number of nitrogens with zero attached hydrogens (tertiary/aromatic N) is 3. The first kappa shape index (κ1) is 22.3. The van der Waals surface area contributed by atoms with E-state index in [-0.39, 0.29) is 0 Å². The van der Waals surface area contributed by atoms with Crippen LogP contribution >= 0.6 is 0 Å². The summed E-state index contributed by atoms with van der Waals surface area (Å²) >= 11 is 0. The van der Waals surface area contributed by atoms with Crippen molar-refractivity contribution < 1.29 is 4.74 Å². The summed E-state index contributed by atoms with van der Waals surface area (Å²) in [5, 5.41) is 0. The number of ether oxygens (including phenoxy) is 1. The highest BCUT2D eigenvalue weighted by Gasteiger charge is 2.39. The molecule has 0 aromatic heterocycles. The number of piperazine rings is 1. The van der Waals surface area contributed by atoms with Crippen molar-refractivity contribution in [2.24, 2.45) is 0 Å². The van der Waals surface area contributed by atoms with Crippen molar-refractivity contribution in [1.29, 1.82) is 0 Å². The fraction of sp³-hybridized carbons (Fsp3) is 0.556. The molecule has 4 rings (SSSR count). The lowest BCUT2D eigenvalue weighted by Crippen LogP contribution is -2.60. The first-order valence-corrected chi connectivity index (χ1v) is 12.1. The van der Waals surface area contributed by atoms with Gasteiger partial charge in [-0.05, 0) is 76.0 Å². The molecule has 2 aromatic carbocycles. The van der Waals surface area contributed by atoms with E-state index in [0.29, 0.717) is 5.54 Å². The van der Waals surface area contributed by atoms with Gasteiger partial charge in [-0.2, -0.15) is 0 Å². The highest BCUT2D eigenvalue weighted by molar-refractivity contribution is 5.27. The van der Waals surface area contributed by atoms with Crippen molar-refractivity contribution >= 4 is 0 Å². The van der Waals surface area contributed by atoms with E-state index in [2.05, 4.69) is 76.3 Å². The largest absolute Gasteiger partial charge is 0.494 e. The molecule has 0 aliphatic carbocycles. The minimum absolute atomic E-state index is 0.351. The van der Waals surface area contributed by atoms with Gasteiger partial charge in [0.15, 0.2) is 0 Å². The number of piperidine rings is 1. The summed E-state index contributed by atoms with van der Waals surface area (Å²) in [5.74, 6) is 0.981. The Morgan fingerprint density at radius 3 is 2.13 bits per heavy atom. The Bertz CT molecular complexity index is 776. The lowest BCUT2D eigenvalue weighted by Gasteiger charge is -2.51. The lowest BCUT2D eigenvalue weighted by atomic mass is 9.80. The van der Waals surface area contributed by atoms with E-state index in [1.54, 1.807) is 0 Å². The predicted molar refractivity (Wildman–Crippen MR) is 129 cm³/mol. The van der Waals surface area contributed by atoms with E-state index in [0.717, 1.165) is 25.3 Å². The second-order valence-corrected chi connectivity index (χ2v) is 9.35. The molecule has 0 N–H and O–H groups in total. The minimum atomic E-state index is 0.351. The van der Waals surface area contributed by atoms with Gasteiger partial charge >= 0.3 is 0 Å². The Kier molecular flexibility index (Phi) is 7.65. The normalized spacial score (nSPS) is 20.6. The van der Waals surface area contributed by atoms with Gasteiger partial charge in [-0.15, -0.1) is 0 Å². The third-order valence-corrected chi connectivity index (χ3v) is 7.32. The summed E-state index contributed by atoms with van der Waals surface area (Å²) in [4.78, 5) is 7.97. The molecule has 0 radical (unpaired) electrons. The van der Waals surface area contributed by atoms with Crippen LogP contribution in [0.4, 0.5) is 0 Å². The molecule has 31 heavy (non-hydrogen) atoms. The summed E-state index contributed by atoms with van der Waals surface area (Å²) in [6, 6.07) is 19.7. The van der Waals surface area contributed by atoms with Crippen LogP contribution < -0.4 is 4.74 Å². The molecule has 2 aromatic rings. The van der Waals surface area contributed by atoms with E-state index in [1.165, 1.54) is 69.7 Å². The SMILES string of the molecule is CCOc1ccc(CCC2(N3CCN(Cc4ccccc4)CC3)CCN(C)CC2)cc1. The number of aryl methyl sites for hydroxylation is 1. The van der Waals surface area contributed by atoms with E-state index in [1.807, 2.05) is 6.92 Å². The lowest BCUT2D eigenvalue weighted by molar-refractivity contribution is -0.0132. The molecule has 0 saturated carbocycles. The maximum Gasteiger partial charge on any atom is 0.119 e. The quantitative estimate of drug-likeness (QED) is 0.632. The van der Waals surface area contributed by atoms with Crippen molar-refractivity contribution in [3.8, 4) is 5.75 Å². The summed E-state index contributed by atoms with van der Waals surface area (Å²) in [6.45, 7) is 11.0. The highest BCUT2D eigenvalue weighted by atomic mass is 16.5. The van der Waals surface area contributed by atoms with Crippen LogP contribution in [-0.2, 0) is 13.0 Å². The van der Waals surface area contributed by atoms with Gasteiger partial charge in [-0.25, -0.2) is 0 Å². The first-order valence-electron chi connectivity index (χ1n) is 12.1. The highest BCUT2D eigenvalue weighted by Crippen LogP contribution is 2.34. The molecule has 0 bridgehead atoms. The molecule has 2 heterocycles. The summed E-state index contributed by atoms with van der Waals surface area (Å²) < 4.78 is 5.62. The van der Waals surface area contributed by atoms with Crippen molar-refractivity contribution in [3.63, 3.8) is 0 Å². The maximum atomic E-state index is 5.62. The van der Waals surface area contributed by atoms with Gasteiger partial charge in [0.05, 0.1) is 6.61 Å². The van der Waals surface area contributed by atoms with Gasteiger partial charge in [0, 0.05) is 38.3 Å². The Labute approximate surface area is 188 Å². The van der Waals surface area contributed by atoms with Crippen molar-refractivity contribution in [3.05, 3.63) is 65.7 Å². The molecule has 4 nitrogen and oxygen atoms in total. The zero-order valence-electron chi connectivity index (χ0n) is 19.4. The molecule has 2 fully saturated rings. The topological polar surface area (TPSA) is 19.0 Å². The Morgan fingerprint density at radius 2 is 1.48 bits per heavy atom. The van der Waals surface area contributed by atoms with Crippen LogP contribution in [0.3, 0.4) is 0 Å². The number of benzene rings is 2. The second-order valence-electron chi connectivity index (χ2n) is 9.35. The first-order chi connectivity index (χ1) is 15.2. The molecule has 168 valence electrons. The summed E-state index contributed by atoms with van der Waals surface area (Å²) in [6.07, 6.45) is 4.99. The number of hydrogen-bond acceptors (Lipinski definition) is 4. The number of likely N-dealkylation sites (tertiary alicyclic amines) is 1.